The molecule has 4 atom stereocenters. The number of rotatable bonds is 2. The molecular formula is C22H31BrOS. The molecule has 1 nitrogen and oxygen atoms in total. The molecule has 138 valence electrons. The van der Waals surface area contributed by atoms with Crippen molar-refractivity contribution in [1.82, 2.24) is 0 Å². The Morgan fingerprint density at radius 1 is 1.36 bits per heavy atom. The third kappa shape index (κ3) is 3.69. The van der Waals surface area contributed by atoms with E-state index >= 15 is 0 Å². The van der Waals surface area contributed by atoms with Gasteiger partial charge in [0, 0.05) is 20.0 Å². The van der Waals surface area contributed by atoms with E-state index in [0.717, 1.165) is 22.7 Å². The molecule has 0 aliphatic heterocycles. The van der Waals surface area contributed by atoms with Crippen LogP contribution in [0.5, 0.6) is 0 Å². The summed E-state index contributed by atoms with van der Waals surface area (Å²) in [5.41, 5.74) is 4.32. The van der Waals surface area contributed by atoms with Crippen molar-refractivity contribution in [2.24, 2.45) is 17.3 Å². The van der Waals surface area contributed by atoms with Crippen molar-refractivity contribution in [3.05, 3.63) is 39.2 Å². The van der Waals surface area contributed by atoms with Crippen LogP contribution in [0.15, 0.2) is 28.1 Å². The lowest BCUT2D eigenvalue weighted by Gasteiger charge is -2.43. The molecule has 0 bridgehead atoms. The Hall–Kier alpha value is -0.410. The second kappa shape index (κ2) is 6.96. The Kier molecular flexibility index (Phi) is 5.39. The van der Waals surface area contributed by atoms with Gasteiger partial charge in [-0.25, -0.2) is 0 Å². The quantitative estimate of drug-likeness (QED) is 0.516. The average molecular weight is 423 g/mol. The van der Waals surface area contributed by atoms with Gasteiger partial charge in [0.15, 0.2) is 0 Å². The smallest absolute Gasteiger partial charge is 0.0513 e. The zero-order valence-corrected chi connectivity index (χ0v) is 18.6. The minimum Gasteiger partial charge on any atom is -0.254 e. The summed E-state index contributed by atoms with van der Waals surface area (Å²) in [7, 11) is -0.968. The van der Waals surface area contributed by atoms with Gasteiger partial charge in [-0.15, -0.1) is 0 Å². The van der Waals surface area contributed by atoms with Crippen LogP contribution in [-0.2, 0) is 17.2 Å². The van der Waals surface area contributed by atoms with Crippen LogP contribution in [-0.4, -0.2) is 8.96 Å². The molecule has 3 heteroatoms. The normalized spacial score (nSPS) is 32.2. The lowest BCUT2D eigenvalue weighted by Crippen LogP contribution is -2.33. The van der Waals surface area contributed by atoms with E-state index in [9.17, 15) is 4.21 Å². The summed E-state index contributed by atoms with van der Waals surface area (Å²) in [6.07, 6.45) is 6.12. The Labute approximate surface area is 164 Å². The Morgan fingerprint density at radius 2 is 2.08 bits per heavy atom. The first kappa shape index (κ1) is 19.4. The number of hydrogen-bond donors (Lipinski definition) is 0. The van der Waals surface area contributed by atoms with Crippen LogP contribution in [0.1, 0.15) is 71.4 Å². The number of fused-ring (bicyclic) bond motifs is 1. The molecule has 0 saturated heterocycles. The molecule has 25 heavy (non-hydrogen) atoms. The summed E-state index contributed by atoms with van der Waals surface area (Å²) in [6, 6.07) is 6.66. The van der Waals surface area contributed by atoms with Gasteiger partial charge in [0.25, 0.3) is 0 Å². The van der Waals surface area contributed by atoms with Crippen molar-refractivity contribution in [3.8, 4) is 0 Å². The van der Waals surface area contributed by atoms with Crippen molar-refractivity contribution in [3.63, 3.8) is 0 Å². The van der Waals surface area contributed by atoms with Crippen molar-refractivity contribution >= 4 is 32.3 Å². The van der Waals surface area contributed by atoms with Gasteiger partial charge in [-0.2, -0.15) is 0 Å². The van der Waals surface area contributed by atoms with Crippen molar-refractivity contribution < 1.29 is 4.21 Å². The predicted octanol–water partition coefficient (Wildman–Crippen LogP) is 6.73. The summed E-state index contributed by atoms with van der Waals surface area (Å²) < 4.78 is 13.9. The van der Waals surface area contributed by atoms with Crippen LogP contribution in [0.4, 0.5) is 0 Å². The Balaban J connectivity index is 2.09. The topological polar surface area (TPSA) is 17.1 Å². The fraction of sp³-hybridized carbons (Fsp3) is 0.636. The molecule has 1 unspecified atom stereocenters. The van der Waals surface area contributed by atoms with Gasteiger partial charge in [-0.05, 0) is 87.1 Å². The van der Waals surface area contributed by atoms with Crippen molar-refractivity contribution in [2.45, 2.75) is 71.5 Å². The molecule has 1 aromatic rings. The fourth-order valence-corrected chi connectivity index (χ4v) is 5.97. The van der Waals surface area contributed by atoms with E-state index < -0.39 is 10.8 Å². The summed E-state index contributed by atoms with van der Waals surface area (Å²) in [6.45, 7) is 11.0. The molecule has 3 rings (SSSR count). The molecule has 2 aliphatic carbocycles. The van der Waals surface area contributed by atoms with Crippen LogP contribution in [0, 0.1) is 17.3 Å². The lowest BCUT2D eigenvalue weighted by molar-refractivity contribution is 0.145. The highest BCUT2D eigenvalue weighted by Gasteiger charge is 2.46. The second-order valence-corrected chi connectivity index (χ2v) is 12.1. The first-order valence-corrected chi connectivity index (χ1v) is 11.6. The Bertz CT molecular complexity index is 715. The van der Waals surface area contributed by atoms with E-state index in [-0.39, 0.29) is 10.2 Å². The predicted molar refractivity (Wildman–Crippen MR) is 113 cm³/mol. The number of allylic oxidation sites excluding steroid dienone is 1. The molecule has 0 heterocycles. The van der Waals surface area contributed by atoms with Gasteiger partial charge in [-0.3, -0.25) is 4.21 Å². The highest BCUT2D eigenvalue weighted by molar-refractivity contribution is 9.10. The first-order valence-electron chi connectivity index (χ1n) is 9.58. The molecule has 0 amide bonds. The van der Waals surface area contributed by atoms with E-state index in [1.807, 2.05) is 0 Å². The van der Waals surface area contributed by atoms with Gasteiger partial charge in [-0.1, -0.05) is 42.3 Å². The maximum absolute atomic E-state index is 13.0. The van der Waals surface area contributed by atoms with Crippen LogP contribution >= 0.6 is 15.9 Å². The minimum absolute atomic E-state index is 0.192. The van der Waals surface area contributed by atoms with Gasteiger partial charge < -0.3 is 0 Å². The summed E-state index contributed by atoms with van der Waals surface area (Å²) in [5.74, 6) is 1.58. The molecule has 1 saturated carbocycles. The lowest BCUT2D eigenvalue weighted by atomic mass is 9.62. The molecule has 2 aliphatic rings. The highest BCUT2D eigenvalue weighted by atomic mass is 79.9. The standard InChI is InChI=1S/C22H31BrOS/c1-6-16-12-22(10-9-15(16)2)13-17-7-8-18(23)11-19(17)20(22)14-25(24)21(3,4)5/h7-8,11,14-16H,6,9-10,12-13H2,1-5H3/b20-14-/t15-,16-,22-,25?/m1/s1. The van der Waals surface area contributed by atoms with E-state index in [4.69, 9.17) is 0 Å². The van der Waals surface area contributed by atoms with Gasteiger partial charge >= 0.3 is 0 Å². The van der Waals surface area contributed by atoms with Crippen molar-refractivity contribution in [2.75, 3.05) is 0 Å². The number of benzene rings is 1. The first-order chi connectivity index (χ1) is 11.7. The molecule has 0 radical (unpaired) electrons. The van der Waals surface area contributed by atoms with E-state index in [1.165, 1.54) is 42.4 Å². The summed E-state index contributed by atoms with van der Waals surface area (Å²) in [5, 5.41) is 2.11. The van der Waals surface area contributed by atoms with Gasteiger partial charge in [0.2, 0.25) is 0 Å². The fourth-order valence-electron chi connectivity index (χ4n) is 4.67. The van der Waals surface area contributed by atoms with Crippen LogP contribution in [0.2, 0.25) is 0 Å². The molecule has 0 aromatic heterocycles. The largest absolute Gasteiger partial charge is 0.254 e. The molecule has 1 spiro atoms. The van der Waals surface area contributed by atoms with Crippen LogP contribution in [0.3, 0.4) is 0 Å². The second-order valence-electron chi connectivity index (χ2n) is 9.09. The number of halogens is 1. The Morgan fingerprint density at radius 3 is 2.72 bits per heavy atom. The third-order valence-electron chi connectivity index (χ3n) is 6.35. The molecular weight excluding hydrogens is 392 g/mol. The van der Waals surface area contributed by atoms with E-state index in [2.05, 4.69) is 74.2 Å². The van der Waals surface area contributed by atoms with E-state index in [0.29, 0.717) is 0 Å². The maximum atomic E-state index is 13.0. The highest BCUT2D eigenvalue weighted by Crippen LogP contribution is 2.58. The molecule has 1 fully saturated rings. The van der Waals surface area contributed by atoms with E-state index in [1.54, 1.807) is 0 Å². The maximum Gasteiger partial charge on any atom is 0.0513 e. The van der Waals surface area contributed by atoms with Crippen LogP contribution in [0.25, 0.3) is 5.57 Å². The van der Waals surface area contributed by atoms with Crippen LogP contribution < -0.4 is 0 Å². The zero-order chi connectivity index (χ0) is 18.4. The zero-order valence-electron chi connectivity index (χ0n) is 16.2. The minimum atomic E-state index is -0.968. The van der Waals surface area contributed by atoms with Gasteiger partial charge in [0.05, 0.1) is 10.8 Å². The SMILES string of the molecule is CC[C@@H]1C[C@]2(CC[C@H]1C)Cc1ccc(Br)cc1/C2=C/S(=O)C(C)(C)C. The van der Waals surface area contributed by atoms with Gasteiger partial charge in [0.1, 0.15) is 0 Å². The monoisotopic (exact) mass is 422 g/mol. The third-order valence-corrected chi connectivity index (χ3v) is 8.50. The summed E-state index contributed by atoms with van der Waals surface area (Å²) in [4.78, 5) is 0. The van der Waals surface area contributed by atoms with Crippen molar-refractivity contribution in [1.29, 1.82) is 0 Å². The number of hydrogen-bond acceptors (Lipinski definition) is 1. The average Bonchev–Trinajstić information content (AvgIpc) is 2.82. The molecule has 0 N–H and O–H groups in total. The molecule has 1 aromatic carbocycles. The summed E-state index contributed by atoms with van der Waals surface area (Å²) >= 11 is 3.64.